The van der Waals surface area contributed by atoms with Gasteiger partial charge in [-0.25, -0.2) is 0 Å². The molecule has 3 rings (SSSR count). The molecule has 0 fully saturated rings. The Morgan fingerprint density at radius 1 is 0.741 bits per heavy atom. The maximum absolute atomic E-state index is 12.1. The highest BCUT2D eigenvalue weighted by atomic mass is 16.5. The smallest absolute Gasteiger partial charge is 0.224 e. The number of rotatable bonds is 9. The third kappa shape index (κ3) is 6.63. The number of hydrogen-bond acceptors (Lipinski definition) is 2. The van der Waals surface area contributed by atoms with Crippen molar-refractivity contribution in [1.82, 2.24) is 0 Å². The van der Waals surface area contributed by atoms with Gasteiger partial charge in [0.1, 0.15) is 5.75 Å². The molecule has 0 unspecified atom stereocenters. The van der Waals surface area contributed by atoms with Crippen molar-refractivity contribution in [3.63, 3.8) is 0 Å². The molecule has 0 aliphatic carbocycles. The summed E-state index contributed by atoms with van der Waals surface area (Å²) in [6.45, 7) is 0.634. The number of carbonyl (C=O) groups is 1. The van der Waals surface area contributed by atoms with Crippen molar-refractivity contribution in [3.8, 4) is 5.75 Å². The second kappa shape index (κ2) is 10.2. The molecule has 0 radical (unpaired) electrons. The summed E-state index contributed by atoms with van der Waals surface area (Å²) in [5.74, 6) is 0.858. The molecule has 3 nitrogen and oxygen atoms in total. The molecule has 1 amide bonds. The Morgan fingerprint density at radius 3 is 1.96 bits per heavy atom. The fourth-order valence-corrected chi connectivity index (χ4v) is 2.89. The van der Waals surface area contributed by atoms with E-state index in [0.29, 0.717) is 13.0 Å². The summed E-state index contributed by atoms with van der Waals surface area (Å²) >= 11 is 0. The predicted octanol–water partition coefficient (Wildman–Crippen LogP) is 5.27. The number of ether oxygens (including phenoxy) is 1. The molecule has 0 atom stereocenters. The number of benzene rings is 3. The molecule has 0 saturated carbocycles. The molecule has 1 N–H and O–H groups in total. The van der Waals surface area contributed by atoms with E-state index in [9.17, 15) is 4.79 Å². The van der Waals surface area contributed by atoms with E-state index in [1.54, 1.807) is 0 Å². The summed E-state index contributed by atoms with van der Waals surface area (Å²) < 4.78 is 5.77. The van der Waals surface area contributed by atoms with Crippen LogP contribution in [0.5, 0.6) is 5.75 Å². The minimum Gasteiger partial charge on any atom is -0.493 e. The second-order valence-electron chi connectivity index (χ2n) is 6.50. The lowest BCUT2D eigenvalue weighted by molar-refractivity contribution is -0.116. The fraction of sp³-hybridized carbons (Fsp3) is 0.208. The van der Waals surface area contributed by atoms with Gasteiger partial charge in [0, 0.05) is 18.5 Å². The summed E-state index contributed by atoms with van der Waals surface area (Å²) in [5, 5.41) is 2.94. The Kier molecular flexibility index (Phi) is 7.05. The first-order chi connectivity index (χ1) is 13.3. The van der Waals surface area contributed by atoms with Gasteiger partial charge < -0.3 is 10.1 Å². The van der Waals surface area contributed by atoms with E-state index in [1.807, 2.05) is 60.7 Å². The largest absolute Gasteiger partial charge is 0.493 e. The molecule has 3 heteroatoms. The first kappa shape index (κ1) is 18.7. The Morgan fingerprint density at radius 2 is 1.33 bits per heavy atom. The van der Waals surface area contributed by atoms with Crippen LogP contribution >= 0.6 is 0 Å². The minimum absolute atomic E-state index is 0.0451. The SMILES string of the molecule is O=C(CCCc1ccccc1)Nc1ccc(OCCc2ccccc2)cc1. The lowest BCUT2D eigenvalue weighted by Crippen LogP contribution is -2.11. The van der Waals surface area contributed by atoms with Crippen LogP contribution in [0.15, 0.2) is 84.9 Å². The molecular weight excluding hydrogens is 334 g/mol. The average molecular weight is 359 g/mol. The number of nitrogens with one attached hydrogen (secondary N) is 1. The third-order valence-corrected chi connectivity index (χ3v) is 4.35. The number of aryl methyl sites for hydroxylation is 1. The van der Waals surface area contributed by atoms with Crippen molar-refractivity contribution in [2.45, 2.75) is 25.7 Å². The number of hydrogen-bond donors (Lipinski definition) is 1. The van der Waals surface area contributed by atoms with Crippen molar-refractivity contribution in [2.24, 2.45) is 0 Å². The predicted molar refractivity (Wildman–Crippen MR) is 110 cm³/mol. The van der Waals surface area contributed by atoms with Crippen LogP contribution in [0, 0.1) is 0 Å². The van der Waals surface area contributed by atoms with Gasteiger partial charge in [-0.05, 0) is 48.2 Å². The van der Waals surface area contributed by atoms with Crippen LogP contribution in [-0.2, 0) is 17.6 Å². The Balaban J connectivity index is 1.37. The average Bonchev–Trinajstić information content (AvgIpc) is 2.71. The van der Waals surface area contributed by atoms with Crippen LogP contribution < -0.4 is 10.1 Å². The Bertz CT molecular complexity index is 814. The van der Waals surface area contributed by atoms with Gasteiger partial charge in [-0.15, -0.1) is 0 Å². The molecule has 3 aromatic carbocycles. The Hall–Kier alpha value is -3.07. The van der Waals surface area contributed by atoms with Gasteiger partial charge in [0.25, 0.3) is 0 Å². The summed E-state index contributed by atoms with van der Waals surface area (Å²) in [6, 6.07) is 28.1. The molecule has 27 heavy (non-hydrogen) atoms. The van der Waals surface area contributed by atoms with E-state index in [-0.39, 0.29) is 5.91 Å². The van der Waals surface area contributed by atoms with E-state index in [1.165, 1.54) is 11.1 Å². The van der Waals surface area contributed by atoms with Gasteiger partial charge in [0.15, 0.2) is 0 Å². The molecule has 0 aliphatic rings. The summed E-state index contributed by atoms with van der Waals surface area (Å²) in [4.78, 5) is 12.1. The van der Waals surface area contributed by atoms with Crippen molar-refractivity contribution in [3.05, 3.63) is 96.1 Å². The molecule has 0 saturated heterocycles. The van der Waals surface area contributed by atoms with E-state index in [4.69, 9.17) is 4.74 Å². The molecular formula is C24H25NO2. The third-order valence-electron chi connectivity index (χ3n) is 4.35. The standard InChI is InChI=1S/C24H25NO2/c26-24(13-7-12-20-8-3-1-4-9-20)25-22-14-16-23(17-15-22)27-19-18-21-10-5-2-6-11-21/h1-6,8-11,14-17H,7,12-13,18-19H2,(H,25,26). The maximum atomic E-state index is 12.1. The van der Waals surface area contributed by atoms with Crippen LogP contribution in [0.3, 0.4) is 0 Å². The zero-order valence-electron chi connectivity index (χ0n) is 15.4. The van der Waals surface area contributed by atoms with Gasteiger partial charge in [-0.1, -0.05) is 60.7 Å². The van der Waals surface area contributed by atoms with E-state index < -0.39 is 0 Å². The van der Waals surface area contributed by atoms with Gasteiger partial charge in [0.2, 0.25) is 5.91 Å². The number of carbonyl (C=O) groups excluding carboxylic acids is 1. The molecule has 0 heterocycles. The number of anilines is 1. The fourth-order valence-electron chi connectivity index (χ4n) is 2.89. The first-order valence-corrected chi connectivity index (χ1v) is 9.40. The zero-order valence-corrected chi connectivity index (χ0v) is 15.4. The van der Waals surface area contributed by atoms with Crippen LogP contribution in [0.1, 0.15) is 24.0 Å². The second-order valence-corrected chi connectivity index (χ2v) is 6.50. The lowest BCUT2D eigenvalue weighted by atomic mass is 10.1. The molecule has 0 aliphatic heterocycles. The van der Waals surface area contributed by atoms with Gasteiger partial charge in [-0.2, -0.15) is 0 Å². The van der Waals surface area contributed by atoms with Gasteiger partial charge in [-0.3, -0.25) is 4.79 Å². The van der Waals surface area contributed by atoms with Crippen LogP contribution in [0.4, 0.5) is 5.69 Å². The van der Waals surface area contributed by atoms with E-state index >= 15 is 0 Å². The molecule has 3 aromatic rings. The molecule has 0 bridgehead atoms. The highest BCUT2D eigenvalue weighted by molar-refractivity contribution is 5.90. The summed E-state index contributed by atoms with van der Waals surface area (Å²) in [6.07, 6.45) is 3.16. The Labute approximate surface area is 161 Å². The quantitative estimate of drug-likeness (QED) is 0.565. The monoisotopic (exact) mass is 359 g/mol. The van der Waals surface area contributed by atoms with Crippen molar-refractivity contribution in [2.75, 3.05) is 11.9 Å². The van der Waals surface area contributed by atoms with Gasteiger partial charge in [0.05, 0.1) is 6.61 Å². The lowest BCUT2D eigenvalue weighted by Gasteiger charge is -2.09. The van der Waals surface area contributed by atoms with Crippen LogP contribution in [0.25, 0.3) is 0 Å². The topological polar surface area (TPSA) is 38.3 Å². The van der Waals surface area contributed by atoms with Crippen LogP contribution in [0.2, 0.25) is 0 Å². The minimum atomic E-state index is 0.0451. The first-order valence-electron chi connectivity index (χ1n) is 9.40. The highest BCUT2D eigenvalue weighted by Crippen LogP contribution is 2.16. The van der Waals surface area contributed by atoms with Crippen molar-refractivity contribution >= 4 is 11.6 Å². The summed E-state index contributed by atoms with van der Waals surface area (Å²) in [7, 11) is 0. The van der Waals surface area contributed by atoms with E-state index in [2.05, 4.69) is 29.6 Å². The molecule has 0 spiro atoms. The van der Waals surface area contributed by atoms with E-state index in [0.717, 1.165) is 30.7 Å². The summed E-state index contributed by atoms with van der Waals surface area (Å²) in [5.41, 5.74) is 3.33. The zero-order chi connectivity index (χ0) is 18.7. The normalized spacial score (nSPS) is 10.4. The maximum Gasteiger partial charge on any atom is 0.224 e. The van der Waals surface area contributed by atoms with Crippen LogP contribution in [-0.4, -0.2) is 12.5 Å². The van der Waals surface area contributed by atoms with Gasteiger partial charge >= 0.3 is 0 Å². The number of amides is 1. The highest BCUT2D eigenvalue weighted by Gasteiger charge is 2.03. The van der Waals surface area contributed by atoms with Crippen molar-refractivity contribution < 1.29 is 9.53 Å². The van der Waals surface area contributed by atoms with Crippen molar-refractivity contribution in [1.29, 1.82) is 0 Å². The molecule has 0 aromatic heterocycles. The molecule has 138 valence electrons.